The maximum Gasteiger partial charge on any atom is 0.434 e. The number of halogens is 3. The lowest BCUT2D eigenvalue weighted by Gasteiger charge is -2.23. The second-order valence-corrected chi connectivity index (χ2v) is 5.72. The average Bonchev–Trinajstić information content (AvgIpc) is 3.18. The highest BCUT2D eigenvalue weighted by molar-refractivity contribution is 5.92. The minimum atomic E-state index is -4.44. The lowest BCUT2D eigenvalue weighted by atomic mass is 9.99. The fourth-order valence-corrected chi connectivity index (χ4v) is 2.74. The van der Waals surface area contributed by atoms with E-state index >= 15 is 0 Å². The molecule has 0 bridgehead atoms. The number of nitrogens with zero attached hydrogens (tertiary/aromatic N) is 3. The van der Waals surface area contributed by atoms with Crippen LogP contribution in [0.2, 0.25) is 0 Å². The van der Waals surface area contributed by atoms with Crippen LogP contribution in [-0.4, -0.2) is 27.0 Å². The van der Waals surface area contributed by atoms with Crippen molar-refractivity contribution in [2.75, 3.05) is 6.54 Å². The van der Waals surface area contributed by atoms with E-state index in [2.05, 4.69) is 15.3 Å². The molecular formula is C15H14F3N5O. The van der Waals surface area contributed by atoms with Crippen LogP contribution in [0.5, 0.6) is 0 Å². The number of nitrogens with one attached hydrogen (secondary N) is 2. The van der Waals surface area contributed by atoms with Crippen molar-refractivity contribution in [2.45, 2.75) is 25.6 Å². The third-order valence-electron chi connectivity index (χ3n) is 3.99. The van der Waals surface area contributed by atoms with Gasteiger partial charge in [0.05, 0.1) is 5.56 Å². The van der Waals surface area contributed by atoms with Gasteiger partial charge in [0.15, 0.2) is 5.69 Å². The quantitative estimate of drug-likeness (QED) is 0.899. The molecule has 2 N–H and O–H groups in total. The molecule has 2 aromatic heterocycles. The molecule has 1 atom stereocenters. The van der Waals surface area contributed by atoms with Gasteiger partial charge in [0.2, 0.25) is 0 Å². The Morgan fingerprint density at radius 1 is 1.54 bits per heavy atom. The lowest BCUT2D eigenvalue weighted by Crippen LogP contribution is -2.33. The molecule has 3 heterocycles. The molecule has 0 spiro atoms. The lowest BCUT2D eigenvalue weighted by molar-refractivity contribution is -0.141. The first-order chi connectivity index (χ1) is 11.4. The number of carbonyl (C=O) groups is 1. The Kier molecular flexibility index (Phi) is 4.05. The van der Waals surface area contributed by atoms with Crippen LogP contribution < -0.4 is 5.32 Å². The van der Waals surface area contributed by atoms with Gasteiger partial charge in [-0.3, -0.25) is 4.79 Å². The number of hydrogen-bond acceptors (Lipinski definition) is 3. The van der Waals surface area contributed by atoms with Crippen molar-refractivity contribution in [1.82, 2.24) is 19.9 Å². The maximum absolute atomic E-state index is 12.7. The standard InChI is InChI=1S/C15H14F3N5O/c16-15(17,18)12-8-23-7-9(1-2-13(23)22-12)5-21-14(24)11-3-10(4-19)6-20-11/h3,6,8-9,20H,1-2,5,7H2,(H,21,24). The molecule has 0 saturated heterocycles. The Hall–Kier alpha value is -2.76. The highest BCUT2D eigenvalue weighted by Crippen LogP contribution is 2.30. The predicted octanol–water partition coefficient (Wildman–Crippen LogP) is 2.09. The summed E-state index contributed by atoms with van der Waals surface area (Å²) in [6.45, 7) is 0.728. The van der Waals surface area contributed by atoms with E-state index in [9.17, 15) is 18.0 Å². The molecule has 0 aliphatic carbocycles. The number of aryl methyl sites for hydroxylation is 1. The number of carbonyl (C=O) groups excluding carboxylic acids is 1. The Labute approximate surface area is 135 Å². The average molecular weight is 337 g/mol. The highest BCUT2D eigenvalue weighted by atomic mass is 19.4. The first-order valence-corrected chi connectivity index (χ1v) is 7.37. The first-order valence-electron chi connectivity index (χ1n) is 7.37. The summed E-state index contributed by atoms with van der Waals surface area (Å²) >= 11 is 0. The van der Waals surface area contributed by atoms with E-state index in [0.29, 0.717) is 37.3 Å². The molecule has 2 aromatic rings. The molecule has 1 aliphatic rings. The van der Waals surface area contributed by atoms with Crippen LogP contribution >= 0.6 is 0 Å². The third-order valence-corrected chi connectivity index (χ3v) is 3.99. The normalized spacial score (nSPS) is 17.2. The number of amides is 1. The van der Waals surface area contributed by atoms with E-state index < -0.39 is 11.9 Å². The van der Waals surface area contributed by atoms with E-state index in [4.69, 9.17) is 5.26 Å². The summed E-state index contributed by atoms with van der Waals surface area (Å²) < 4.78 is 39.6. The van der Waals surface area contributed by atoms with Crippen molar-refractivity contribution < 1.29 is 18.0 Å². The van der Waals surface area contributed by atoms with Gasteiger partial charge in [-0.05, 0) is 18.4 Å². The van der Waals surface area contributed by atoms with Crippen molar-refractivity contribution in [1.29, 1.82) is 5.26 Å². The molecule has 0 saturated carbocycles. The Bertz CT molecular complexity index is 799. The summed E-state index contributed by atoms with van der Waals surface area (Å²) in [7, 11) is 0. The number of nitriles is 1. The van der Waals surface area contributed by atoms with Crippen LogP contribution in [0.3, 0.4) is 0 Å². The SMILES string of the molecule is N#Cc1c[nH]c(C(=O)NCC2CCc3nc(C(F)(F)F)cn3C2)c1. The zero-order chi connectivity index (χ0) is 17.3. The molecule has 0 aromatic carbocycles. The largest absolute Gasteiger partial charge is 0.434 e. The van der Waals surface area contributed by atoms with Crippen molar-refractivity contribution in [3.8, 4) is 6.07 Å². The summed E-state index contributed by atoms with van der Waals surface area (Å²) in [5, 5.41) is 11.5. The molecule has 126 valence electrons. The maximum atomic E-state index is 12.7. The topological polar surface area (TPSA) is 86.5 Å². The van der Waals surface area contributed by atoms with Crippen LogP contribution in [0.1, 0.15) is 34.0 Å². The second-order valence-electron chi connectivity index (χ2n) is 5.72. The molecule has 0 fully saturated rings. The Balaban J connectivity index is 1.59. The van der Waals surface area contributed by atoms with E-state index in [1.807, 2.05) is 6.07 Å². The number of alkyl halides is 3. The van der Waals surface area contributed by atoms with Crippen LogP contribution in [0.4, 0.5) is 13.2 Å². The van der Waals surface area contributed by atoms with E-state index in [1.165, 1.54) is 16.8 Å². The van der Waals surface area contributed by atoms with Gasteiger partial charge in [0.1, 0.15) is 17.6 Å². The van der Waals surface area contributed by atoms with Crippen molar-refractivity contribution in [3.63, 3.8) is 0 Å². The van der Waals surface area contributed by atoms with Gasteiger partial charge < -0.3 is 14.9 Å². The Morgan fingerprint density at radius 2 is 2.33 bits per heavy atom. The minimum Gasteiger partial charge on any atom is -0.356 e. The third kappa shape index (κ3) is 3.27. The molecule has 0 radical (unpaired) electrons. The van der Waals surface area contributed by atoms with E-state index in [0.717, 1.165) is 6.20 Å². The number of fused-ring (bicyclic) bond motifs is 1. The molecule has 24 heavy (non-hydrogen) atoms. The molecule has 9 heteroatoms. The Morgan fingerprint density at radius 3 is 3.00 bits per heavy atom. The number of H-pyrrole nitrogens is 1. The van der Waals surface area contributed by atoms with Crippen LogP contribution in [0.25, 0.3) is 0 Å². The number of imidazole rings is 1. The number of aromatic amines is 1. The zero-order valence-corrected chi connectivity index (χ0v) is 12.5. The fourth-order valence-electron chi connectivity index (χ4n) is 2.74. The zero-order valence-electron chi connectivity index (χ0n) is 12.5. The smallest absolute Gasteiger partial charge is 0.356 e. The van der Waals surface area contributed by atoms with Gasteiger partial charge in [0.25, 0.3) is 5.91 Å². The van der Waals surface area contributed by atoms with Crippen LogP contribution in [0, 0.1) is 17.2 Å². The summed E-state index contributed by atoms with van der Waals surface area (Å²) in [5.74, 6) is 0.110. The number of aromatic nitrogens is 3. The van der Waals surface area contributed by atoms with Crippen molar-refractivity contribution in [3.05, 3.63) is 41.2 Å². The summed E-state index contributed by atoms with van der Waals surface area (Å²) in [5.41, 5.74) is -0.233. The number of hydrogen-bond donors (Lipinski definition) is 2. The van der Waals surface area contributed by atoms with Gasteiger partial charge in [-0.1, -0.05) is 0 Å². The first kappa shape index (κ1) is 16.1. The van der Waals surface area contributed by atoms with Gasteiger partial charge in [-0.15, -0.1) is 0 Å². The molecule has 6 nitrogen and oxygen atoms in total. The minimum absolute atomic E-state index is 0.0298. The van der Waals surface area contributed by atoms with Crippen molar-refractivity contribution >= 4 is 5.91 Å². The number of rotatable bonds is 3. The van der Waals surface area contributed by atoms with Gasteiger partial charge in [-0.2, -0.15) is 18.4 Å². The van der Waals surface area contributed by atoms with Gasteiger partial charge in [-0.25, -0.2) is 4.98 Å². The van der Waals surface area contributed by atoms with Crippen LogP contribution in [-0.2, 0) is 19.1 Å². The molecule has 3 rings (SSSR count). The van der Waals surface area contributed by atoms with Gasteiger partial charge >= 0.3 is 6.18 Å². The molecule has 1 amide bonds. The summed E-state index contributed by atoms with van der Waals surface area (Å²) in [4.78, 5) is 18.3. The van der Waals surface area contributed by atoms with Crippen molar-refractivity contribution in [2.24, 2.45) is 5.92 Å². The molecular weight excluding hydrogens is 323 g/mol. The monoisotopic (exact) mass is 337 g/mol. The second kappa shape index (κ2) is 6.03. The molecule has 1 unspecified atom stereocenters. The fraction of sp³-hybridized carbons (Fsp3) is 0.400. The molecule has 1 aliphatic heterocycles. The van der Waals surface area contributed by atoms with Gasteiger partial charge in [0, 0.05) is 31.9 Å². The van der Waals surface area contributed by atoms with Crippen LogP contribution in [0.15, 0.2) is 18.5 Å². The summed E-state index contributed by atoms with van der Waals surface area (Å²) in [6.07, 6.45) is -0.889. The van der Waals surface area contributed by atoms with E-state index in [1.54, 1.807) is 0 Å². The summed E-state index contributed by atoms with van der Waals surface area (Å²) in [6, 6.07) is 3.36. The van der Waals surface area contributed by atoms with E-state index in [-0.39, 0.29) is 17.5 Å². The highest BCUT2D eigenvalue weighted by Gasteiger charge is 2.35. The predicted molar refractivity (Wildman–Crippen MR) is 76.9 cm³/mol.